The first-order chi connectivity index (χ1) is 14.0. The van der Waals surface area contributed by atoms with E-state index in [0.29, 0.717) is 10.8 Å². The van der Waals surface area contributed by atoms with E-state index in [-0.39, 0.29) is 6.10 Å². The second-order valence-corrected chi connectivity index (χ2v) is 12.9. The Bertz CT molecular complexity index is 646. The van der Waals surface area contributed by atoms with Crippen LogP contribution in [0.15, 0.2) is 11.6 Å². The molecule has 0 aromatic rings. The van der Waals surface area contributed by atoms with Crippen molar-refractivity contribution < 1.29 is 10.2 Å². The molecule has 0 aliphatic heterocycles. The molecule has 0 saturated heterocycles. The van der Waals surface area contributed by atoms with Gasteiger partial charge in [-0.25, -0.2) is 0 Å². The Morgan fingerprint density at radius 2 is 1.83 bits per heavy atom. The first-order valence-corrected chi connectivity index (χ1v) is 13.1. The van der Waals surface area contributed by atoms with E-state index in [0.717, 1.165) is 55.3 Å². The molecule has 2 unspecified atom stereocenters. The van der Waals surface area contributed by atoms with Crippen LogP contribution in [0, 0.1) is 40.4 Å². The minimum absolute atomic E-state index is 0.102. The van der Waals surface area contributed by atoms with Gasteiger partial charge in [-0.3, -0.25) is 0 Å². The van der Waals surface area contributed by atoms with Crippen LogP contribution in [0.4, 0.5) is 0 Å². The Balaban J connectivity index is 1.48. The van der Waals surface area contributed by atoms with Crippen LogP contribution in [0.1, 0.15) is 112 Å². The summed E-state index contributed by atoms with van der Waals surface area (Å²) in [5.41, 5.74) is 1.95. The lowest BCUT2D eigenvalue weighted by Crippen LogP contribution is -2.48. The second-order valence-electron chi connectivity index (χ2n) is 12.9. The van der Waals surface area contributed by atoms with Crippen molar-refractivity contribution in [2.75, 3.05) is 0 Å². The Hall–Kier alpha value is -0.340. The first-order valence-electron chi connectivity index (χ1n) is 13.1. The second kappa shape index (κ2) is 8.22. The Morgan fingerprint density at radius 3 is 2.57 bits per heavy atom. The number of hydrogen-bond acceptors (Lipinski definition) is 2. The molecule has 172 valence electrons. The van der Waals surface area contributed by atoms with E-state index in [4.69, 9.17) is 0 Å². The molecule has 4 rings (SSSR count). The third-order valence-electron chi connectivity index (χ3n) is 10.5. The summed E-state index contributed by atoms with van der Waals surface area (Å²) in [5, 5.41) is 20.4. The molecule has 2 N–H and O–H groups in total. The molecule has 0 spiro atoms. The summed E-state index contributed by atoms with van der Waals surface area (Å²) in [6.45, 7) is 11.6. The van der Waals surface area contributed by atoms with Gasteiger partial charge in [-0.15, -0.1) is 0 Å². The molecular weight excluding hydrogens is 368 g/mol. The molecule has 0 amide bonds. The third kappa shape index (κ3) is 4.05. The summed E-state index contributed by atoms with van der Waals surface area (Å²) in [4.78, 5) is 0. The molecule has 3 fully saturated rings. The van der Waals surface area contributed by atoms with Crippen molar-refractivity contribution >= 4 is 0 Å². The maximum Gasteiger partial charge on any atom is 0.0591 e. The van der Waals surface area contributed by atoms with Crippen molar-refractivity contribution in [2.24, 2.45) is 40.4 Å². The van der Waals surface area contributed by atoms with Crippen molar-refractivity contribution in [3.63, 3.8) is 0 Å². The molecule has 0 bridgehead atoms. The van der Waals surface area contributed by atoms with Crippen LogP contribution in [-0.4, -0.2) is 21.9 Å². The molecule has 2 nitrogen and oxygen atoms in total. The molecule has 4 aliphatic rings. The highest BCUT2D eigenvalue weighted by atomic mass is 16.3. The van der Waals surface area contributed by atoms with Crippen molar-refractivity contribution in [2.45, 2.75) is 123 Å². The molecule has 2 heteroatoms. The summed E-state index contributed by atoms with van der Waals surface area (Å²) in [5.74, 6) is 4.25. The van der Waals surface area contributed by atoms with E-state index in [1.54, 1.807) is 5.57 Å². The Morgan fingerprint density at radius 1 is 1.07 bits per heavy atom. The SMILES string of the molecule is C[C@H](CCCC(C)(C)O)C1CCC2[C@H]3CCC=C4C[C@@H](O)CC[C@]4(C)[C@H]3CC[C@]12C. The molecular formula is C28H48O2. The predicted molar refractivity (Wildman–Crippen MR) is 125 cm³/mol. The standard InChI is InChI=1S/C28H48O2/c1-19(8-7-15-26(2,3)30)23-11-12-24-22-10-6-9-20-18-21(29)13-16-27(20,4)25(22)14-17-28(23,24)5/h9,19,21-25,29-30H,6-8,10-18H2,1-5H3/t19-,21+,22-,23?,24?,25+,27+,28-/m1/s1. The molecule has 8 atom stereocenters. The number of aliphatic hydroxyl groups is 2. The lowest BCUT2D eigenvalue weighted by molar-refractivity contribution is -0.0509. The average molecular weight is 417 g/mol. The zero-order chi connectivity index (χ0) is 21.7. The van der Waals surface area contributed by atoms with E-state index in [1.807, 2.05) is 13.8 Å². The van der Waals surface area contributed by atoms with E-state index in [2.05, 4.69) is 26.8 Å². The van der Waals surface area contributed by atoms with Gasteiger partial charge in [0.15, 0.2) is 0 Å². The van der Waals surface area contributed by atoms with Crippen LogP contribution in [0.5, 0.6) is 0 Å². The van der Waals surface area contributed by atoms with Gasteiger partial charge in [-0.05, 0) is 118 Å². The average Bonchev–Trinajstić information content (AvgIpc) is 2.93. The number of aliphatic hydroxyl groups excluding tert-OH is 1. The van der Waals surface area contributed by atoms with E-state index in [9.17, 15) is 10.2 Å². The van der Waals surface area contributed by atoms with E-state index in [1.165, 1.54) is 51.4 Å². The fourth-order valence-electron chi connectivity index (χ4n) is 8.92. The lowest BCUT2D eigenvalue weighted by atomic mass is 9.49. The zero-order valence-electron chi connectivity index (χ0n) is 20.4. The summed E-state index contributed by atoms with van der Waals surface area (Å²) in [6, 6.07) is 0. The maximum atomic E-state index is 10.3. The Labute approximate surface area is 185 Å². The molecule has 0 aromatic heterocycles. The van der Waals surface area contributed by atoms with E-state index >= 15 is 0 Å². The van der Waals surface area contributed by atoms with Gasteiger partial charge in [0.25, 0.3) is 0 Å². The molecule has 30 heavy (non-hydrogen) atoms. The summed E-state index contributed by atoms with van der Waals surface area (Å²) >= 11 is 0. The Kier molecular flexibility index (Phi) is 6.26. The molecule has 0 radical (unpaired) electrons. The van der Waals surface area contributed by atoms with Gasteiger partial charge in [0.1, 0.15) is 0 Å². The van der Waals surface area contributed by atoms with Gasteiger partial charge < -0.3 is 10.2 Å². The first kappa shape index (κ1) is 22.8. The van der Waals surface area contributed by atoms with Crippen LogP contribution in [0.2, 0.25) is 0 Å². The fraction of sp³-hybridized carbons (Fsp3) is 0.929. The fourth-order valence-corrected chi connectivity index (χ4v) is 8.92. The summed E-state index contributed by atoms with van der Waals surface area (Å²) < 4.78 is 0. The summed E-state index contributed by atoms with van der Waals surface area (Å²) in [7, 11) is 0. The largest absolute Gasteiger partial charge is 0.393 e. The van der Waals surface area contributed by atoms with Crippen molar-refractivity contribution in [1.82, 2.24) is 0 Å². The van der Waals surface area contributed by atoms with Crippen molar-refractivity contribution in [1.29, 1.82) is 0 Å². The zero-order valence-corrected chi connectivity index (χ0v) is 20.4. The molecule has 0 aromatic carbocycles. The van der Waals surface area contributed by atoms with Crippen LogP contribution >= 0.6 is 0 Å². The quantitative estimate of drug-likeness (QED) is 0.479. The predicted octanol–water partition coefficient (Wildman–Crippen LogP) is 6.89. The van der Waals surface area contributed by atoms with Crippen molar-refractivity contribution in [3.8, 4) is 0 Å². The number of hydrogen-bond donors (Lipinski definition) is 2. The van der Waals surface area contributed by atoms with Crippen LogP contribution in [-0.2, 0) is 0 Å². The van der Waals surface area contributed by atoms with Crippen LogP contribution in [0.3, 0.4) is 0 Å². The minimum Gasteiger partial charge on any atom is -0.393 e. The number of allylic oxidation sites excluding steroid dienone is 1. The molecule has 4 aliphatic carbocycles. The maximum absolute atomic E-state index is 10.3. The monoisotopic (exact) mass is 416 g/mol. The van der Waals surface area contributed by atoms with Gasteiger partial charge in [-0.2, -0.15) is 0 Å². The third-order valence-corrected chi connectivity index (χ3v) is 10.5. The van der Waals surface area contributed by atoms with Gasteiger partial charge in [-0.1, -0.05) is 45.3 Å². The van der Waals surface area contributed by atoms with Crippen LogP contribution < -0.4 is 0 Å². The van der Waals surface area contributed by atoms with Gasteiger partial charge in [0.2, 0.25) is 0 Å². The molecule has 3 saturated carbocycles. The van der Waals surface area contributed by atoms with Gasteiger partial charge in [0.05, 0.1) is 11.7 Å². The van der Waals surface area contributed by atoms with Gasteiger partial charge >= 0.3 is 0 Å². The van der Waals surface area contributed by atoms with E-state index < -0.39 is 5.60 Å². The number of rotatable bonds is 5. The van der Waals surface area contributed by atoms with Crippen molar-refractivity contribution in [3.05, 3.63) is 11.6 Å². The smallest absolute Gasteiger partial charge is 0.0591 e. The minimum atomic E-state index is -0.520. The lowest BCUT2D eigenvalue weighted by Gasteiger charge is -2.55. The highest BCUT2D eigenvalue weighted by Crippen LogP contribution is 2.66. The number of fused-ring (bicyclic) bond motifs is 5. The normalized spacial score (nSPS) is 45.0. The van der Waals surface area contributed by atoms with Crippen LogP contribution in [0.25, 0.3) is 0 Å². The molecule has 0 heterocycles. The highest BCUT2D eigenvalue weighted by Gasteiger charge is 2.58. The topological polar surface area (TPSA) is 40.5 Å². The summed E-state index contributed by atoms with van der Waals surface area (Å²) in [6.07, 6.45) is 17.2. The highest BCUT2D eigenvalue weighted by molar-refractivity contribution is 5.23. The van der Waals surface area contributed by atoms with Gasteiger partial charge in [0, 0.05) is 0 Å².